The van der Waals surface area contributed by atoms with Gasteiger partial charge in [0.25, 0.3) is 5.91 Å². The molecule has 0 aromatic carbocycles. The van der Waals surface area contributed by atoms with Crippen molar-refractivity contribution in [1.29, 1.82) is 0 Å². The van der Waals surface area contributed by atoms with E-state index >= 15 is 0 Å². The number of hydrogen-bond donors (Lipinski definition) is 0. The predicted octanol–water partition coefficient (Wildman–Crippen LogP) is 2.91. The summed E-state index contributed by atoms with van der Waals surface area (Å²) in [5, 5.41) is 0.308. The first-order valence-corrected chi connectivity index (χ1v) is 5.87. The Morgan fingerprint density at radius 3 is 2.78 bits per heavy atom. The molecule has 0 bridgehead atoms. The van der Waals surface area contributed by atoms with Crippen LogP contribution in [-0.4, -0.2) is 22.8 Å². The maximum Gasteiger partial charge on any atom is 0.272 e. The number of carbonyl (C=O) groups is 1. The lowest BCUT2D eigenvalue weighted by Crippen LogP contribution is -2.26. The number of carbonyl (C=O) groups excluding carboxylic acids is 1. The van der Waals surface area contributed by atoms with Gasteiger partial charge < -0.3 is 9.32 Å². The zero-order valence-corrected chi connectivity index (χ0v) is 10.9. The van der Waals surface area contributed by atoms with E-state index in [0.717, 1.165) is 11.5 Å². The van der Waals surface area contributed by atoms with Crippen LogP contribution in [0.3, 0.4) is 0 Å². The van der Waals surface area contributed by atoms with Crippen LogP contribution in [0.15, 0.2) is 34.7 Å². The zero-order chi connectivity index (χ0) is 13.1. The molecule has 4 nitrogen and oxygen atoms in total. The van der Waals surface area contributed by atoms with Crippen LogP contribution in [0.25, 0.3) is 0 Å². The molecule has 2 rings (SSSR count). The molecule has 0 aliphatic carbocycles. The highest BCUT2D eigenvalue weighted by molar-refractivity contribution is 6.29. The van der Waals surface area contributed by atoms with E-state index in [4.69, 9.17) is 16.0 Å². The van der Waals surface area contributed by atoms with Crippen molar-refractivity contribution in [3.05, 3.63) is 52.7 Å². The van der Waals surface area contributed by atoms with Crippen LogP contribution in [0.1, 0.15) is 22.0 Å². The number of hydrogen-bond acceptors (Lipinski definition) is 3. The Morgan fingerprint density at radius 1 is 1.39 bits per heavy atom. The molecule has 2 aromatic rings. The molecule has 0 aliphatic rings. The van der Waals surface area contributed by atoms with E-state index in [0.29, 0.717) is 17.4 Å². The van der Waals surface area contributed by atoms with Crippen molar-refractivity contribution >= 4 is 17.5 Å². The summed E-state index contributed by atoms with van der Waals surface area (Å²) in [6, 6.07) is 8.69. The summed E-state index contributed by atoms with van der Waals surface area (Å²) in [7, 11) is 1.70. The summed E-state index contributed by atoms with van der Waals surface area (Å²) in [4.78, 5) is 17.6. The Bertz CT molecular complexity index is 566. The fourth-order valence-corrected chi connectivity index (χ4v) is 1.76. The summed E-state index contributed by atoms with van der Waals surface area (Å²) in [6.45, 7) is 2.27. The minimum Gasteiger partial charge on any atom is -0.464 e. The molecule has 0 atom stereocenters. The average Bonchev–Trinajstić information content (AvgIpc) is 2.73. The van der Waals surface area contributed by atoms with E-state index in [-0.39, 0.29) is 5.91 Å². The van der Waals surface area contributed by atoms with Gasteiger partial charge in [-0.2, -0.15) is 0 Å². The minimum absolute atomic E-state index is 0.188. The lowest BCUT2D eigenvalue weighted by atomic mass is 10.3. The molecule has 0 spiro atoms. The maximum absolute atomic E-state index is 12.1. The maximum atomic E-state index is 12.1. The van der Waals surface area contributed by atoms with Crippen molar-refractivity contribution in [3.8, 4) is 0 Å². The van der Waals surface area contributed by atoms with Gasteiger partial charge in [-0.25, -0.2) is 4.98 Å². The lowest BCUT2D eigenvalue weighted by molar-refractivity contribution is 0.0769. The Balaban J connectivity index is 2.09. The smallest absolute Gasteiger partial charge is 0.272 e. The summed E-state index contributed by atoms with van der Waals surface area (Å²) in [6.07, 6.45) is 0. The van der Waals surface area contributed by atoms with Crippen LogP contribution in [0.4, 0.5) is 0 Å². The van der Waals surface area contributed by atoms with Gasteiger partial charge in [-0.3, -0.25) is 4.79 Å². The molecule has 0 saturated heterocycles. The number of rotatable bonds is 3. The van der Waals surface area contributed by atoms with Crippen LogP contribution >= 0.6 is 11.6 Å². The molecule has 0 N–H and O–H groups in total. The molecule has 0 radical (unpaired) electrons. The van der Waals surface area contributed by atoms with E-state index < -0.39 is 0 Å². The highest BCUT2D eigenvalue weighted by atomic mass is 35.5. The largest absolute Gasteiger partial charge is 0.464 e. The SMILES string of the molecule is Cc1ccc(CN(C)C(=O)c2cccc(Cl)n2)o1. The molecule has 0 unspecified atom stereocenters. The molecule has 18 heavy (non-hydrogen) atoms. The van der Waals surface area contributed by atoms with Crippen molar-refractivity contribution in [1.82, 2.24) is 9.88 Å². The Labute approximate surface area is 110 Å². The molecule has 0 saturated carbocycles. The fraction of sp³-hybridized carbons (Fsp3) is 0.231. The average molecular weight is 265 g/mol. The van der Waals surface area contributed by atoms with E-state index in [9.17, 15) is 4.79 Å². The van der Waals surface area contributed by atoms with Crippen molar-refractivity contribution in [2.45, 2.75) is 13.5 Å². The molecule has 0 fully saturated rings. The lowest BCUT2D eigenvalue weighted by Gasteiger charge is -2.15. The van der Waals surface area contributed by atoms with Gasteiger partial charge in [-0.05, 0) is 31.2 Å². The highest BCUT2D eigenvalue weighted by Gasteiger charge is 2.14. The molecule has 1 amide bonds. The second-order valence-electron chi connectivity index (χ2n) is 4.02. The van der Waals surface area contributed by atoms with Crippen LogP contribution in [-0.2, 0) is 6.54 Å². The second kappa shape index (κ2) is 5.23. The molecule has 94 valence electrons. The first kappa shape index (κ1) is 12.6. The number of aromatic nitrogens is 1. The monoisotopic (exact) mass is 264 g/mol. The van der Waals surface area contributed by atoms with Gasteiger partial charge in [0.05, 0.1) is 6.54 Å². The Kier molecular flexibility index (Phi) is 3.67. The van der Waals surface area contributed by atoms with Gasteiger partial charge in [0.15, 0.2) is 0 Å². The second-order valence-corrected chi connectivity index (χ2v) is 4.41. The third-order valence-corrected chi connectivity index (χ3v) is 2.68. The number of furan rings is 1. The third-order valence-electron chi connectivity index (χ3n) is 2.47. The van der Waals surface area contributed by atoms with Gasteiger partial charge in [-0.1, -0.05) is 17.7 Å². The molecular weight excluding hydrogens is 252 g/mol. The summed E-state index contributed by atoms with van der Waals surface area (Å²) < 4.78 is 5.42. The van der Waals surface area contributed by atoms with Gasteiger partial charge >= 0.3 is 0 Å². The molecule has 5 heteroatoms. The molecule has 0 aliphatic heterocycles. The van der Waals surface area contributed by atoms with Gasteiger partial charge in [0, 0.05) is 7.05 Å². The van der Waals surface area contributed by atoms with Gasteiger partial charge in [0.2, 0.25) is 0 Å². The highest BCUT2D eigenvalue weighted by Crippen LogP contribution is 2.11. The topological polar surface area (TPSA) is 46.3 Å². The van der Waals surface area contributed by atoms with Crippen molar-refractivity contribution in [2.24, 2.45) is 0 Å². The zero-order valence-electron chi connectivity index (χ0n) is 10.2. The molecule has 2 aromatic heterocycles. The summed E-state index contributed by atoms with van der Waals surface area (Å²) >= 11 is 5.76. The number of pyridine rings is 1. The predicted molar refractivity (Wildman–Crippen MR) is 68.5 cm³/mol. The van der Waals surface area contributed by atoms with Crippen LogP contribution in [0, 0.1) is 6.92 Å². The minimum atomic E-state index is -0.188. The summed E-state index contributed by atoms with van der Waals surface area (Å²) in [5.74, 6) is 1.38. The first-order valence-electron chi connectivity index (χ1n) is 5.49. The number of aryl methyl sites for hydroxylation is 1. The van der Waals surface area contributed by atoms with Crippen molar-refractivity contribution in [3.63, 3.8) is 0 Å². The van der Waals surface area contributed by atoms with Crippen molar-refractivity contribution in [2.75, 3.05) is 7.05 Å². The quantitative estimate of drug-likeness (QED) is 0.801. The summed E-state index contributed by atoms with van der Waals surface area (Å²) in [5.41, 5.74) is 0.327. The van der Waals surface area contributed by atoms with Crippen LogP contribution in [0.5, 0.6) is 0 Å². The van der Waals surface area contributed by atoms with Gasteiger partial charge in [-0.15, -0.1) is 0 Å². The normalized spacial score (nSPS) is 10.4. The van der Waals surface area contributed by atoms with Crippen LogP contribution in [0.2, 0.25) is 5.15 Å². The third kappa shape index (κ3) is 2.90. The van der Waals surface area contributed by atoms with E-state index in [1.807, 2.05) is 19.1 Å². The Morgan fingerprint density at radius 2 is 2.17 bits per heavy atom. The first-order chi connectivity index (χ1) is 8.56. The van der Waals surface area contributed by atoms with Crippen molar-refractivity contribution < 1.29 is 9.21 Å². The molecule has 2 heterocycles. The number of amides is 1. The fourth-order valence-electron chi connectivity index (χ4n) is 1.60. The van der Waals surface area contributed by atoms with E-state index in [2.05, 4.69) is 4.98 Å². The Hall–Kier alpha value is -1.81. The van der Waals surface area contributed by atoms with E-state index in [1.165, 1.54) is 4.90 Å². The van der Waals surface area contributed by atoms with E-state index in [1.54, 1.807) is 25.2 Å². The molecular formula is C13H13ClN2O2. The van der Waals surface area contributed by atoms with Gasteiger partial charge in [0.1, 0.15) is 22.4 Å². The number of nitrogens with zero attached hydrogens (tertiary/aromatic N) is 2. The standard InChI is InChI=1S/C13H13ClN2O2/c1-9-6-7-10(18-9)8-16(2)13(17)11-4-3-5-12(14)15-11/h3-7H,8H2,1-2H3. The van der Waals surface area contributed by atoms with Crippen LogP contribution < -0.4 is 0 Å². The number of halogens is 1.